The molecular weight excluding hydrogens is 461 g/mol. The summed E-state index contributed by atoms with van der Waals surface area (Å²) in [6.45, 7) is 0.423. The number of nitrogens with one attached hydrogen (secondary N) is 1. The predicted molar refractivity (Wildman–Crippen MR) is 131 cm³/mol. The van der Waals surface area contributed by atoms with E-state index in [9.17, 15) is 10.1 Å². The number of rotatable bonds is 8. The number of carbonyl (C=O) groups is 1. The predicted octanol–water partition coefficient (Wildman–Crippen LogP) is 3.98. The first-order valence-corrected chi connectivity index (χ1v) is 11.4. The minimum absolute atomic E-state index is 0.106. The molecule has 9 nitrogen and oxygen atoms in total. The molecule has 0 spiro atoms. The number of hydrogen-bond donors (Lipinski definition) is 2. The van der Waals surface area contributed by atoms with Crippen molar-refractivity contribution >= 4 is 22.8 Å². The summed E-state index contributed by atoms with van der Waals surface area (Å²) in [6.07, 6.45) is 5.01. The van der Waals surface area contributed by atoms with E-state index in [2.05, 4.69) is 20.4 Å². The number of carbonyl (C=O) groups excluding carboxylic acids is 1. The van der Waals surface area contributed by atoms with E-state index in [4.69, 9.17) is 10.5 Å². The van der Waals surface area contributed by atoms with Crippen LogP contribution in [0.2, 0.25) is 0 Å². The second-order valence-electron chi connectivity index (χ2n) is 8.37. The van der Waals surface area contributed by atoms with Crippen molar-refractivity contribution < 1.29 is 13.9 Å². The van der Waals surface area contributed by atoms with Crippen molar-refractivity contribution in [3.8, 4) is 28.8 Å². The Morgan fingerprint density at radius 2 is 2.03 bits per heavy atom. The number of nitrogens with two attached hydrogens (primary N) is 1. The summed E-state index contributed by atoms with van der Waals surface area (Å²) < 4.78 is 22.4. The third-order valence-corrected chi connectivity index (χ3v) is 5.73. The number of hydrogen-bond acceptors (Lipinski definition) is 7. The van der Waals surface area contributed by atoms with Crippen LogP contribution in [0.5, 0.6) is 11.5 Å². The number of para-hydroxylation sites is 1. The Hall–Kier alpha value is -4.78. The summed E-state index contributed by atoms with van der Waals surface area (Å²) in [5.41, 5.74) is 7.12. The molecule has 36 heavy (non-hydrogen) atoms. The zero-order valence-corrected chi connectivity index (χ0v) is 19.2. The molecule has 1 aliphatic rings. The van der Waals surface area contributed by atoms with Gasteiger partial charge in [0, 0.05) is 18.2 Å². The number of aromatic nitrogens is 4. The molecule has 4 aromatic rings. The van der Waals surface area contributed by atoms with Gasteiger partial charge in [-0.1, -0.05) is 24.3 Å². The number of amides is 1. The second kappa shape index (κ2) is 9.84. The van der Waals surface area contributed by atoms with Gasteiger partial charge in [0.1, 0.15) is 46.8 Å². The summed E-state index contributed by atoms with van der Waals surface area (Å²) in [5.74, 6) is 0.414. The van der Waals surface area contributed by atoms with Crippen LogP contribution in [0.25, 0.3) is 22.3 Å². The average molecular weight is 484 g/mol. The largest absolute Gasteiger partial charge is 0.457 e. The molecule has 3 N–H and O–H groups in total. The number of nitrogen functional groups attached to an aromatic ring is 1. The highest BCUT2D eigenvalue weighted by Crippen LogP contribution is 2.34. The second-order valence-corrected chi connectivity index (χ2v) is 8.37. The van der Waals surface area contributed by atoms with Crippen molar-refractivity contribution in [1.82, 2.24) is 25.1 Å². The van der Waals surface area contributed by atoms with Gasteiger partial charge in [-0.2, -0.15) is 10.4 Å². The van der Waals surface area contributed by atoms with Gasteiger partial charge < -0.3 is 15.8 Å². The van der Waals surface area contributed by atoms with Crippen molar-refractivity contribution in [2.75, 3.05) is 12.3 Å². The topological polar surface area (TPSA) is 132 Å². The lowest BCUT2D eigenvalue weighted by molar-refractivity contribution is -0.117. The number of anilines is 1. The highest BCUT2D eigenvalue weighted by Gasteiger charge is 2.22. The minimum Gasteiger partial charge on any atom is -0.457 e. The third-order valence-electron chi connectivity index (χ3n) is 5.73. The molecule has 0 aliphatic heterocycles. The number of nitriles is 1. The first kappa shape index (κ1) is 23.0. The van der Waals surface area contributed by atoms with Crippen LogP contribution >= 0.6 is 0 Å². The van der Waals surface area contributed by atoms with E-state index in [0.717, 1.165) is 12.8 Å². The van der Waals surface area contributed by atoms with Crippen molar-refractivity contribution in [2.24, 2.45) is 5.92 Å². The summed E-state index contributed by atoms with van der Waals surface area (Å²) in [7, 11) is 0. The summed E-state index contributed by atoms with van der Waals surface area (Å²) in [6, 6.07) is 15.5. The molecule has 1 saturated carbocycles. The molecule has 0 atom stereocenters. The smallest absolute Gasteiger partial charge is 0.261 e. The van der Waals surface area contributed by atoms with Gasteiger partial charge in [-0.15, -0.1) is 0 Å². The SMILES string of the molecule is N#C/C(=C/C1CC1)C(=O)NCCn1nc(-c2ccc(Oc3ccccc3)cc2F)c2c(N)ncnc21. The Balaban J connectivity index is 1.39. The Morgan fingerprint density at radius 1 is 1.22 bits per heavy atom. The van der Waals surface area contributed by atoms with Crippen LogP contribution in [0, 0.1) is 23.1 Å². The van der Waals surface area contributed by atoms with E-state index < -0.39 is 11.7 Å². The standard InChI is InChI=1S/C26H22FN7O2/c27-21-13-19(36-18-4-2-1-3-5-18)8-9-20(21)23-22-24(29)31-15-32-25(22)34(33-23)11-10-30-26(35)17(14-28)12-16-6-7-16/h1-5,8-9,12-13,15-16H,6-7,10-11H2,(H,30,35)(H2,29,31,32)/b17-12-. The van der Waals surface area contributed by atoms with Crippen molar-refractivity contribution in [1.29, 1.82) is 5.26 Å². The lowest BCUT2D eigenvalue weighted by Crippen LogP contribution is -2.28. The third kappa shape index (κ3) is 4.86. The van der Waals surface area contributed by atoms with Gasteiger partial charge in [-0.25, -0.2) is 19.0 Å². The Kier molecular flexibility index (Phi) is 6.28. The minimum atomic E-state index is -0.546. The van der Waals surface area contributed by atoms with Crippen molar-refractivity contribution in [2.45, 2.75) is 19.4 Å². The monoisotopic (exact) mass is 483 g/mol. The molecule has 2 aromatic heterocycles. The van der Waals surface area contributed by atoms with Gasteiger partial charge in [0.15, 0.2) is 5.65 Å². The van der Waals surface area contributed by atoms with E-state index in [1.165, 1.54) is 17.1 Å². The van der Waals surface area contributed by atoms with Crippen LogP contribution in [0.1, 0.15) is 12.8 Å². The molecule has 1 fully saturated rings. The van der Waals surface area contributed by atoms with Gasteiger partial charge >= 0.3 is 0 Å². The summed E-state index contributed by atoms with van der Waals surface area (Å²) in [4.78, 5) is 20.7. The van der Waals surface area contributed by atoms with Crippen LogP contribution in [0.3, 0.4) is 0 Å². The average Bonchev–Trinajstić information content (AvgIpc) is 3.63. The quantitative estimate of drug-likeness (QED) is 0.286. The molecular formula is C26H22FN7O2. The van der Waals surface area contributed by atoms with Gasteiger partial charge in [0.05, 0.1) is 11.9 Å². The van der Waals surface area contributed by atoms with E-state index in [1.807, 2.05) is 24.3 Å². The molecule has 1 aliphatic carbocycles. The molecule has 10 heteroatoms. The normalized spacial score (nSPS) is 13.4. The van der Waals surface area contributed by atoms with Crippen molar-refractivity contribution in [3.63, 3.8) is 0 Å². The van der Waals surface area contributed by atoms with Gasteiger partial charge in [0.25, 0.3) is 5.91 Å². The number of halogens is 1. The maximum absolute atomic E-state index is 15.2. The van der Waals surface area contributed by atoms with Crippen LogP contribution in [0.4, 0.5) is 10.2 Å². The van der Waals surface area contributed by atoms with Gasteiger partial charge in [-0.3, -0.25) is 4.79 Å². The fourth-order valence-electron chi connectivity index (χ4n) is 3.78. The van der Waals surface area contributed by atoms with Crippen molar-refractivity contribution in [3.05, 3.63) is 72.3 Å². The molecule has 2 aromatic carbocycles. The van der Waals surface area contributed by atoms with Crippen LogP contribution < -0.4 is 15.8 Å². The number of benzene rings is 2. The summed E-state index contributed by atoms with van der Waals surface area (Å²) >= 11 is 0. The summed E-state index contributed by atoms with van der Waals surface area (Å²) in [5, 5.41) is 16.9. The number of ether oxygens (including phenoxy) is 1. The molecule has 0 saturated heterocycles. The van der Waals surface area contributed by atoms with E-state index in [1.54, 1.807) is 30.3 Å². The molecule has 0 radical (unpaired) electrons. The van der Waals surface area contributed by atoms with Crippen LogP contribution in [-0.2, 0) is 11.3 Å². The molecule has 0 bridgehead atoms. The maximum atomic E-state index is 15.2. The molecule has 0 unspecified atom stereocenters. The fourth-order valence-corrected chi connectivity index (χ4v) is 3.78. The fraction of sp³-hybridized carbons (Fsp3) is 0.192. The number of nitrogens with zero attached hydrogens (tertiary/aromatic N) is 5. The highest BCUT2D eigenvalue weighted by atomic mass is 19.1. The number of allylic oxidation sites excluding steroid dienone is 1. The Morgan fingerprint density at radius 3 is 2.75 bits per heavy atom. The molecule has 1 amide bonds. The Labute approximate surface area is 206 Å². The van der Waals surface area contributed by atoms with Crippen LogP contribution in [0.15, 0.2) is 66.5 Å². The lowest BCUT2D eigenvalue weighted by Gasteiger charge is -2.07. The molecule has 2 heterocycles. The highest BCUT2D eigenvalue weighted by molar-refractivity contribution is 5.98. The zero-order chi connectivity index (χ0) is 25.1. The molecule has 5 rings (SSSR count). The lowest BCUT2D eigenvalue weighted by atomic mass is 10.1. The number of fused-ring (bicyclic) bond motifs is 1. The Bertz CT molecular complexity index is 1500. The zero-order valence-electron chi connectivity index (χ0n) is 19.2. The first-order valence-electron chi connectivity index (χ1n) is 11.4. The van der Waals surface area contributed by atoms with E-state index in [-0.39, 0.29) is 35.7 Å². The molecule has 180 valence electrons. The van der Waals surface area contributed by atoms with Gasteiger partial charge in [-0.05, 0) is 43.0 Å². The van der Waals surface area contributed by atoms with Gasteiger partial charge in [0.2, 0.25) is 0 Å². The van der Waals surface area contributed by atoms with E-state index >= 15 is 4.39 Å². The van der Waals surface area contributed by atoms with E-state index in [0.29, 0.717) is 28.5 Å². The maximum Gasteiger partial charge on any atom is 0.261 e. The van der Waals surface area contributed by atoms with Crippen LogP contribution in [-0.4, -0.2) is 32.2 Å². The first-order chi connectivity index (χ1) is 17.5.